The Morgan fingerprint density at radius 1 is 1.14 bits per heavy atom. The number of furan rings is 1. The second-order valence-electron chi connectivity index (χ2n) is 6.63. The second kappa shape index (κ2) is 7.43. The van der Waals surface area contributed by atoms with Gasteiger partial charge in [-0.15, -0.1) is 0 Å². The van der Waals surface area contributed by atoms with Gasteiger partial charge in [-0.1, -0.05) is 0 Å². The molecule has 9 heteroatoms. The number of carbonyl (C=O) groups is 1. The number of fused-ring (bicyclic) bond motifs is 1. The van der Waals surface area contributed by atoms with Crippen LogP contribution >= 0.6 is 0 Å². The fourth-order valence-electron chi connectivity index (χ4n) is 3.49. The second-order valence-corrected chi connectivity index (χ2v) is 6.63. The van der Waals surface area contributed by atoms with Gasteiger partial charge in [0.1, 0.15) is 0 Å². The van der Waals surface area contributed by atoms with Crippen LogP contribution in [-0.2, 0) is 6.54 Å². The first-order valence-corrected chi connectivity index (χ1v) is 9.04. The normalized spacial score (nSPS) is 16.5. The highest BCUT2D eigenvalue weighted by molar-refractivity contribution is 5.92. The SMILES string of the molecule is COc1cc2c(cc1OC)N=C(N1CCN(C(=O)c3ccco3)CC1)N(N)C2. The molecule has 0 bridgehead atoms. The molecule has 9 nitrogen and oxygen atoms in total. The number of hydrogen-bond donors (Lipinski definition) is 1. The maximum absolute atomic E-state index is 12.4. The van der Waals surface area contributed by atoms with Gasteiger partial charge in [-0.2, -0.15) is 0 Å². The maximum atomic E-state index is 12.4. The highest BCUT2D eigenvalue weighted by atomic mass is 16.5. The van der Waals surface area contributed by atoms with E-state index in [0.29, 0.717) is 55.9 Å². The first kappa shape index (κ1) is 18.2. The minimum atomic E-state index is -0.0954. The Hall–Kier alpha value is -3.20. The summed E-state index contributed by atoms with van der Waals surface area (Å²) in [6, 6.07) is 7.15. The predicted molar refractivity (Wildman–Crippen MR) is 103 cm³/mol. The molecule has 2 aliphatic heterocycles. The standard InChI is InChI=1S/C19H23N5O4/c1-26-16-10-13-12-24(20)19(21-14(13)11-17(16)27-2)23-7-5-22(6-8-23)18(25)15-4-3-9-28-15/h3-4,9-11H,5-8,12,20H2,1-2H3. The van der Waals surface area contributed by atoms with Crippen LogP contribution in [0.15, 0.2) is 39.9 Å². The largest absolute Gasteiger partial charge is 0.493 e. The number of hydrazine groups is 1. The van der Waals surface area contributed by atoms with Crippen molar-refractivity contribution < 1.29 is 18.7 Å². The zero-order chi connectivity index (χ0) is 19.7. The lowest BCUT2D eigenvalue weighted by atomic mass is 10.1. The quantitative estimate of drug-likeness (QED) is 0.799. The lowest BCUT2D eigenvalue weighted by Crippen LogP contribution is -2.56. The number of guanidine groups is 1. The van der Waals surface area contributed by atoms with Crippen molar-refractivity contribution >= 4 is 17.6 Å². The van der Waals surface area contributed by atoms with Gasteiger partial charge >= 0.3 is 0 Å². The molecule has 1 aromatic heterocycles. The molecule has 0 saturated carbocycles. The van der Waals surface area contributed by atoms with Gasteiger partial charge in [-0.05, 0) is 18.2 Å². The molecule has 28 heavy (non-hydrogen) atoms. The molecule has 0 spiro atoms. The van der Waals surface area contributed by atoms with E-state index in [9.17, 15) is 4.79 Å². The number of amides is 1. The van der Waals surface area contributed by atoms with Crippen molar-refractivity contribution in [3.8, 4) is 11.5 Å². The van der Waals surface area contributed by atoms with Crippen molar-refractivity contribution in [2.45, 2.75) is 6.54 Å². The summed E-state index contributed by atoms with van der Waals surface area (Å²) in [4.78, 5) is 21.0. The zero-order valence-electron chi connectivity index (χ0n) is 15.9. The van der Waals surface area contributed by atoms with Crippen LogP contribution in [0.1, 0.15) is 16.1 Å². The van der Waals surface area contributed by atoms with Gasteiger partial charge in [0.15, 0.2) is 17.3 Å². The summed E-state index contributed by atoms with van der Waals surface area (Å²) in [5.74, 6) is 8.48. The number of methoxy groups -OCH3 is 2. The van der Waals surface area contributed by atoms with Crippen molar-refractivity contribution in [2.24, 2.45) is 10.8 Å². The fraction of sp³-hybridized carbons (Fsp3) is 0.368. The minimum Gasteiger partial charge on any atom is -0.493 e. The third-order valence-electron chi connectivity index (χ3n) is 4.98. The van der Waals surface area contributed by atoms with E-state index in [1.165, 1.54) is 6.26 Å². The van der Waals surface area contributed by atoms with Crippen LogP contribution in [0.5, 0.6) is 11.5 Å². The number of carbonyl (C=O) groups excluding carboxylic acids is 1. The summed E-state index contributed by atoms with van der Waals surface area (Å²) < 4.78 is 15.9. The van der Waals surface area contributed by atoms with E-state index in [2.05, 4.69) is 4.90 Å². The molecule has 2 aliphatic rings. The summed E-state index contributed by atoms with van der Waals surface area (Å²) >= 11 is 0. The minimum absolute atomic E-state index is 0.0954. The van der Waals surface area contributed by atoms with Gasteiger partial charge in [0, 0.05) is 37.8 Å². The predicted octanol–water partition coefficient (Wildman–Crippen LogP) is 1.43. The summed E-state index contributed by atoms with van der Waals surface area (Å²) in [5, 5.41) is 1.62. The van der Waals surface area contributed by atoms with Gasteiger partial charge in [-0.3, -0.25) is 9.80 Å². The molecule has 0 unspecified atom stereocenters. The molecule has 2 N–H and O–H groups in total. The number of piperazine rings is 1. The Morgan fingerprint density at radius 3 is 2.50 bits per heavy atom. The van der Waals surface area contributed by atoms with E-state index in [-0.39, 0.29) is 5.91 Å². The van der Waals surface area contributed by atoms with E-state index < -0.39 is 0 Å². The van der Waals surface area contributed by atoms with Crippen molar-refractivity contribution in [1.82, 2.24) is 14.8 Å². The molecule has 4 rings (SSSR count). The number of benzene rings is 1. The fourth-order valence-corrected chi connectivity index (χ4v) is 3.49. The Kier molecular flexibility index (Phi) is 4.82. The molecule has 0 aliphatic carbocycles. The lowest BCUT2D eigenvalue weighted by Gasteiger charge is -2.39. The summed E-state index contributed by atoms with van der Waals surface area (Å²) in [5.41, 5.74) is 1.78. The van der Waals surface area contributed by atoms with Gasteiger partial charge in [0.05, 0.1) is 32.7 Å². The monoisotopic (exact) mass is 385 g/mol. The van der Waals surface area contributed by atoms with Gasteiger partial charge < -0.3 is 23.7 Å². The number of rotatable bonds is 3. The molecule has 1 amide bonds. The average molecular weight is 385 g/mol. The smallest absolute Gasteiger partial charge is 0.289 e. The Balaban J connectivity index is 1.51. The molecule has 1 saturated heterocycles. The first-order valence-electron chi connectivity index (χ1n) is 9.04. The van der Waals surface area contributed by atoms with Crippen molar-refractivity contribution in [1.29, 1.82) is 0 Å². The number of aliphatic imine (C=N–C) groups is 1. The Labute approximate surface area is 162 Å². The van der Waals surface area contributed by atoms with Crippen molar-refractivity contribution in [3.05, 3.63) is 41.9 Å². The van der Waals surface area contributed by atoms with Gasteiger partial charge in [0.25, 0.3) is 5.91 Å². The molecule has 0 radical (unpaired) electrons. The molecule has 3 heterocycles. The highest BCUT2D eigenvalue weighted by Crippen LogP contribution is 2.37. The van der Waals surface area contributed by atoms with Gasteiger partial charge in [0.2, 0.25) is 5.96 Å². The maximum Gasteiger partial charge on any atom is 0.289 e. The van der Waals surface area contributed by atoms with E-state index >= 15 is 0 Å². The van der Waals surface area contributed by atoms with Crippen LogP contribution in [0, 0.1) is 0 Å². The van der Waals surface area contributed by atoms with Crippen LogP contribution in [0.4, 0.5) is 5.69 Å². The van der Waals surface area contributed by atoms with E-state index in [1.807, 2.05) is 12.1 Å². The van der Waals surface area contributed by atoms with Gasteiger partial charge in [-0.25, -0.2) is 10.8 Å². The Morgan fingerprint density at radius 2 is 1.86 bits per heavy atom. The molecular weight excluding hydrogens is 362 g/mol. The molecular formula is C19H23N5O4. The number of ether oxygens (including phenoxy) is 2. The summed E-state index contributed by atoms with van der Waals surface area (Å²) in [7, 11) is 3.20. The molecule has 1 aromatic carbocycles. The number of nitrogens with two attached hydrogens (primary N) is 1. The van der Waals surface area contributed by atoms with Crippen LogP contribution < -0.4 is 15.3 Å². The first-order chi connectivity index (χ1) is 13.6. The van der Waals surface area contributed by atoms with Crippen LogP contribution in [-0.4, -0.2) is 67.1 Å². The molecule has 1 fully saturated rings. The van der Waals surface area contributed by atoms with Crippen molar-refractivity contribution in [2.75, 3.05) is 40.4 Å². The van der Waals surface area contributed by atoms with Crippen LogP contribution in [0.3, 0.4) is 0 Å². The van der Waals surface area contributed by atoms with E-state index in [4.69, 9.17) is 24.7 Å². The van der Waals surface area contributed by atoms with Crippen LogP contribution in [0.25, 0.3) is 0 Å². The zero-order valence-corrected chi connectivity index (χ0v) is 15.9. The molecule has 148 valence electrons. The average Bonchev–Trinajstić information content (AvgIpc) is 3.27. The third-order valence-corrected chi connectivity index (χ3v) is 4.98. The van der Waals surface area contributed by atoms with Crippen LogP contribution in [0.2, 0.25) is 0 Å². The Bertz CT molecular complexity index is 888. The third kappa shape index (κ3) is 3.24. The van der Waals surface area contributed by atoms with E-state index in [1.54, 1.807) is 36.3 Å². The molecule has 2 aromatic rings. The van der Waals surface area contributed by atoms with Crippen molar-refractivity contribution in [3.63, 3.8) is 0 Å². The van der Waals surface area contributed by atoms with E-state index in [0.717, 1.165) is 11.3 Å². The summed E-state index contributed by atoms with van der Waals surface area (Å²) in [6.45, 7) is 2.94. The lowest BCUT2D eigenvalue weighted by molar-refractivity contribution is 0.0650. The topological polar surface area (TPSA) is 96.8 Å². The molecule has 0 atom stereocenters. The number of hydrogen-bond acceptors (Lipinski definition) is 8. The summed E-state index contributed by atoms with van der Waals surface area (Å²) in [6.07, 6.45) is 1.51. The number of nitrogens with zero attached hydrogens (tertiary/aromatic N) is 4. The highest BCUT2D eigenvalue weighted by Gasteiger charge is 2.29.